The van der Waals surface area contributed by atoms with Crippen LogP contribution in [-0.4, -0.2) is 0 Å². The molecule has 0 unspecified atom stereocenters. The molecule has 0 bridgehead atoms. The SMILES string of the molecule is N[C@H](c1ccc(-c2ccc(C(F)(F)F)cc2)cc1)C1CCCC1. The zero-order chi connectivity index (χ0) is 16.4. The number of hydrogen-bond acceptors (Lipinski definition) is 1. The van der Waals surface area contributed by atoms with E-state index < -0.39 is 11.7 Å². The fourth-order valence-electron chi connectivity index (χ4n) is 3.34. The minimum absolute atomic E-state index is 0.0548. The minimum Gasteiger partial charge on any atom is -0.324 e. The molecule has 1 atom stereocenters. The van der Waals surface area contributed by atoms with E-state index in [0.29, 0.717) is 5.92 Å². The lowest BCUT2D eigenvalue weighted by atomic mass is 9.91. The number of hydrogen-bond donors (Lipinski definition) is 1. The molecule has 0 heterocycles. The van der Waals surface area contributed by atoms with Gasteiger partial charge in [-0.15, -0.1) is 0 Å². The van der Waals surface area contributed by atoms with Crippen LogP contribution in [0.1, 0.15) is 42.9 Å². The van der Waals surface area contributed by atoms with Crippen molar-refractivity contribution < 1.29 is 13.2 Å². The molecule has 0 radical (unpaired) electrons. The van der Waals surface area contributed by atoms with Crippen LogP contribution in [0.2, 0.25) is 0 Å². The third-order valence-corrected chi connectivity index (χ3v) is 4.75. The first-order chi connectivity index (χ1) is 10.9. The number of benzene rings is 2. The lowest BCUT2D eigenvalue weighted by Gasteiger charge is -2.19. The smallest absolute Gasteiger partial charge is 0.324 e. The second kappa shape index (κ2) is 6.36. The molecule has 2 N–H and O–H groups in total. The Morgan fingerprint density at radius 3 is 1.78 bits per heavy atom. The Morgan fingerprint density at radius 1 is 0.826 bits per heavy atom. The fourth-order valence-corrected chi connectivity index (χ4v) is 3.34. The molecule has 1 aliphatic rings. The van der Waals surface area contributed by atoms with Crippen molar-refractivity contribution in [3.8, 4) is 11.1 Å². The molecule has 0 amide bonds. The molecule has 23 heavy (non-hydrogen) atoms. The minimum atomic E-state index is -4.30. The third kappa shape index (κ3) is 3.58. The summed E-state index contributed by atoms with van der Waals surface area (Å²) in [7, 11) is 0. The zero-order valence-electron chi connectivity index (χ0n) is 12.8. The summed E-state index contributed by atoms with van der Waals surface area (Å²) < 4.78 is 37.8. The van der Waals surface area contributed by atoms with Gasteiger partial charge in [0.15, 0.2) is 0 Å². The van der Waals surface area contributed by atoms with E-state index in [0.717, 1.165) is 28.8 Å². The highest BCUT2D eigenvalue weighted by atomic mass is 19.4. The molecule has 4 heteroatoms. The molecule has 0 aromatic heterocycles. The highest BCUT2D eigenvalue weighted by molar-refractivity contribution is 5.64. The summed E-state index contributed by atoms with van der Waals surface area (Å²) in [4.78, 5) is 0. The van der Waals surface area contributed by atoms with Gasteiger partial charge in [-0.05, 0) is 47.6 Å². The molecule has 1 aliphatic carbocycles. The van der Waals surface area contributed by atoms with Crippen LogP contribution in [0.5, 0.6) is 0 Å². The van der Waals surface area contributed by atoms with Gasteiger partial charge >= 0.3 is 6.18 Å². The van der Waals surface area contributed by atoms with Gasteiger partial charge in [0.05, 0.1) is 5.56 Å². The summed E-state index contributed by atoms with van der Waals surface area (Å²) in [5.41, 5.74) is 8.49. The molecule has 3 rings (SSSR count). The maximum atomic E-state index is 12.6. The van der Waals surface area contributed by atoms with Gasteiger partial charge in [0.25, 0.3) is 0 Å². The number of alkyl halides is 3. The molecule has 1 saturated carbocycles. The molecule has 122 valence electrons. The summed E-state index contributed by atoms with van der Waals surface area (Å²) in [6.07, 6.45) is 0.574. The second-order valence-corrected chi connectivity index (χ2v) is 6.27. The Balaban J connectivity index is 1.76. The molecule has 1 fully saturated rings. The fraction of sp³-hybridized carbons (Fsp3) is 0.368. The molecule has 0 aliphatic heterocycles. The van der Waals surface area contributed by atoms with Gasteiger partial charge in [0.2, 0.25) is 0 Å². The quantitative estimate of drug-likeness (QED) is 0.787. The average Bonchev–Trinajstić information content (AvgIpc) is 3.08. The first-order valence-electron chi connectivity index (χ1n) is 7.98. The van der Waals surface area contributed by atoms with Crippen LogP contribution in [0, 0.1) is 5.92 Å². The Labute approximate surface area is 134 Å². The van der Waals surface area contributed by atoms with E-state index in [2.05, 4.69) is 0 Å². The van der Waals surface area contributed by atoms with Crippen LogP contribution in [0.15, 0.2) is 48.5 Å². The van der Waals surface area contributed by atoms with Crippen molar-refractivity contribution >= 4 is 0 Å². The van der Waals surface area contributed by atoms with Gasteiger partial charge in [-0.25, -0.2) is 0 Å². The van der Waals surface area contributed by atoms with Crippen LogP contribution < -0.4 is 5.73 Å². The summed E-state index contributed by atoms with van der Waals surface area (Å²) in [6.45, 7) is 0. The van der Waals surface area contributed by atoms with Crippen LogP contribution >= 0.6 is 0 Å². The van der Waals surface area contributed by atoms with Gasteiger partial charge in [-0.3, -0.25) is 0 Å². The molecule has 0 saturated heterocycles. The van der Waals surface area contributed by atoms with Crippen molar-refractivity contribution in [3.05, 3.63) is 59.7 Å². The summed E-state index contributed by atoms with van der Waals surface area (Å²) >= 11 is 0. The lowest BCUT2D eigenvalue weighted by molar-refractivity contribution is -0.137. The summed E-state index contributed by atoms with van der Waals surface area (Å²) in [5, 5.41) is 0. The normalized spacial score (nSPS) is 17.4. The highest BCUT2D eigenvalue weighted by Gasteiger charge is 2.30. The van der Waals surface area contributed by atoms with Crippen molar-refractivity contribution in [2.75, 3.05) is 0 Å². The van der Waals surface area contributed by atoms with Gasteiger partial charge in [-0.1, -0.05) is 49.2 Å². The number of nitrogens with two attached hydrogens (primary N) is 1. The largest absolute Gasteiger partial charge is 0.416 e. The van der Waals surface area contributed by atoms with Crippen molar-refractivity contribution in [1.82, 2.24) is 0 Å². The number of rotatable bonds is 3. The van der Waals surface area contributed by atoms with Gasteiger partial charge in [0, 0.05) is 6.04 Å². The van der Waals surface area contributed by atoms with Crippen molar-refractivity contribution in [3.63, 3.8) is 0 Å². The standard InChI is InChI=1S/C19H20F3N/c20-19(21,22)17-11-9-14(10-12-17)13-5-7-16(8-6-13)18(23)15-3-1-2-4-15/h5-12,15,18H,1-4,23H2/t18-/m0/s1. The molecular weight excluding hydrogens is 299 g/mol. The monoisotopic (exact) mass is 319 g/mol. The predicted molar refractivity (Wildman–Crippen MR) is 85.8 cm³/mol. The van der Waals surface area contributed by atoms with E-state index in [1.807, 2.05) is 24.3 Å². The Morgan fingerprint density at radius 2 is 1.30 bits per heavy atom. The van der Waals surface area contributed by atoms with Crippen molar-refractivity contribution in [2.45, 2.75) is 37.9 Å². The maximum absolute atomic E-state index is 12.6. The zero-order valence-corrected chi connectivity index (χ0v) is 12.8. The first-order valence-corrected chi connectivity index (χ1v) is 7.98. The Hall–Kier alpha value is -1.81. The van der Waals surface area contributed by atoms with Crippen molar-refractivity contribution in [2.24, 2.45) is 11.7 Å². The highest BCUT2D eigenvalue weighted by Crippen LogP contribution is 2.35. The van der Waals surface area contributed by atoms with E-state index in [-0.39, 0.29) is 6.04 Å². The van der Waals surface area contributed by atoms with Gasteiger partial charge < -0.3 is 5.73 Å². The molecular formula is C19H20F3N. The second-order valence-electron chi connectivity index (χ2n) is 6.27. The molecule has 2 aromatic carbocycles. The Bertz CT molecular complexity index is 638. The first kappa shape index (κ1) is 16.1. The van der Waals surface area contributed by atoms with Crippen LogP contribution in [-0.2, 0) is 6.18 Å². The molecule has 1 nitrogen and oxygen atoms in total. The van der Waals surface area contributed by atoms with E-state index in [1.54, 1.807) is 0 Å². The van der Waals surface area contributed by atoms with Crippen molar-refractivity contribution in [1.29, 1.82) is 0 Å². The van der Waals surface area contributed by atoms with Crippen LogP contribution in [0.4, 0.5) is 13.2 Å². The molecule has 0 spiro atoms. The third-order valence-electron chi connectivity index (χ3n) is 4.75. The Kier molecular flexibility index (Phi) is 4.44. The maximum Gasteiger partial charge on any atom is 0.416 e. The van der Waals surface area contributed by atoms with E-state index in [4.69, 9.17) is 5.73 Å². The average molecular weight is 319 g/mol. The van der Waals surface area contributed by atoms with Crippen LogP contribution in [0.3, 0.4) is 0 Å². The van der Waals surface area contributed by atoms with Crippen LogP contribution in [0.25, 0.3) is 11.1 Å². The lowest BCUT2D eigenvalue weighted by Crippen LogP contribution is -2.18. The number of halogens is 3. The van der Waals surface area contributed by atoms with E-state index >= 15 is 0 Å². The van der Waals surface area contributed by atoms with E-state index in [9.17, 15) is 13.2 Å². The van der Waals surface area contributed by atoms with Gasteiger partial charge in [-0.2, -0.15) is 13.2 Å². The topological polar surface area (TPSA) is 26.0 Å². The molecule has 2 aromatic rings. The predicted octanol–water partition coefficient (Wildman–Crippen LogP) is 5.56. The summed E-state index contributed by atoms with van der Waals surface area (Å²) in [6, 6.07) is 13.2. The summed E-state index contributed by atoms with van der Waals surface area (Å²) in [5.74, 6) is 0.548. The van der Waals surface area contributed by atoms with E-state index in [1.165, 1.54) is 37.8 Å². The van der Waals surface area contributed by atoms with Gasteiger partial charge in [0.1, 0.15) is 0 Å².